The number of hydrogen-bond acceptors (Lipinski definition) is 3. The highest BCUT2D eigenvalue weighted by Crippen LogP contribution is 2.42. The van der Waals surface area contributed by atoms with Crippen molar-refractivity contribution in [2.24, 2.45) is 4.99 Å². The van der Waals surface area contributed by atoms with E-state index in [9.17, 15) is 0 Å². The highest BCUT2D eigenvalue weighted by molar-refractivity contribution is 8.38. The third-order valence-electron chi connectivity index (χ3n) is 4.15. The van der Waals surface area contributed by atoms with Gasteiger partial charge in [0.05, 0.1) is 10.9 Å². The van der Waals surface area contributed by atoms with Crippen LogP contribution in [0.2, 0.25) is 0 Å². The van der Waals surface area contributed by atoms with Gasteiger partial charge >= 0.3 is 0 Å². The van der Waals surface area contributed by atoms with Gasteiger partial charge in [-0.05, 0) is 22.8 Å². The normalized spacial score (nSPS) is 16.7. The van der Waals surface area contributed by atoms with Crippen molar-refractivity contribution in [1.29, 1.82) is 0 Å². The molecule has 3 aromatic carbocycles. The second-order valence-corrected chi connectivity index (χ2v) is 8.37. The minimum absolute atomic E-state index is 0.294. The standard InChI is InChI=1S/C23H19NS2/c1-4-10-18(11-5-1)17-25-23-24-21(19-12-6-2-7-13-19)16-22(26-23)20-14-8-3-9-15-20/h1-16,22H,17H2. The molecular weight excluding hydrogens is 354 g/mol. The van der Waals surface area contributed by atoms with Crippen molar-refractivity contribution in [3.63, 3.8) is 0 Å². The lowest BCUT2D eigenvalue weighted by Crippen LogP contribution is -2.02. The molecule has 3 heteroatoms. The summed E-state index contributed by atoms with van der Waals surface area (Å²) in [5, 5.41) is 0.294. The number of rotatable bonds is 4. The van der Waals surface area contributed by atoms with E-state index in [0.29, 0.717) is 5.25 Å². The zero-order chi connectivity index (χ0) is 17.6. The van der Waals surface area contributed by atoms with Crippen LogP contribution >= 0.6 is 23.5 Å². The molecule has 1 aliphatic heterocycles. The van der Waals surface area contributed by atoms with Gasteiger partial charge in [-0.25, -0.2) is 4.99 Å². The van der Waals surface area contributed by atoms with Crippen LogP contribution in [0.1, 0.15) is 21.9 Å². The molecular formula is C23H19NS2. The lowest BCUT2D eigenvalue weighted by molar-refractivity contribution is 1.22. The Kier molecular flexibility index (Phi) is 5.58. The topological polar surface area (TPSA) is 12.4 Å². The van der Waals surface area contributed by atoms with Crippen LogP contribution in [-0.2, 0) is 5.75 Å². The van der Waals surface area contributed by atoms with E-state index in [4.69, 9.17) is 4.99 Å². The molecule has 26 heavy (non-hydrogen) atoms. The molecule has 1 unspecified atom stereocenters. The van der Waals surface area contributed by atoms with Crippen LogP contribution < -0.4 is 0 Å². The highest BCUT2D eigenvalue weighted by atomic mass is 32.2. The molecule has 0 aromatic heterocycles. The molecule has 3 aromatic rings. The van der Waals surface area contributed by atoms with Gasteiger partial charge in [0.15, 0.2) is 0 Å². The lowest BCUT2D eigenvalue weighted by atomic mass is 10.1. The third kappa shape index (κ3) is 4.29. The Morgan fingerprint density at radius 3 is 2.08 bits per heavy atom. The summed E-state index contributed by atoms with van der Waals surface area (Å²) >= 11 is 3.66. The number of aliphatic imine (C=N–C) groups is 1. The Hall–Kier alpha value is -2.23. The SMILES string of the molecule is C1=C(c2ccccc2)N=C(SCc2ccccc2)SC1c1ccccc1. The van der Waals surface area contributed by atoms with Crippen molar-refractivity contribution >= 4 is 33.6 Å². The van der Waals surface area contributed by atoms with Crippen molar-refractivity contribution in [3.05, 3.63) is 114 Å². The van der Waals surface area contributed by atoms with E-state index in [2.05, 4.69) is 91.0 Å². The van der Waals surface area contributed by atoms with Gasteiger partial charge in [0.25, 0.3) is 0 Å². The van der Waals surface area contributed by atoms with Gasteiger partial charge in [-0.1, -0.05) is 115 Å². The summed E-state index contributed by atoms with van der Waals surface area (Å²) in [4.78, 5) is 4.95. The first-order valence-corrected chi connectivity index (χ1v) is 10.5. The van der Waals surface area contributed by atoms with E-state index in [1.807, 2.05) is 29.6 Å². The maximum Gasteiger partial charge on any atom is 0.131 e. The Bertz CT molecular complexity index is 903. The predicted octanol–water partition coefficient (Wildman–Crippen LogP) is 6.81. The fraction of sp³-hybridized carbons (Fsp3) is 0.0870. The maximum atomic E-state index is 4.95. The van der Waals surface area contributed by atoms with Crippen molar-refractivity contribution in [3.8, 4) is 0 Å². The number of nitrogens with zero attached hydrogens (tertiary/aromatic N) is 1. The second kappa shape index (κ2) is 8.43. The molecule has 0 spiro atoms. The fourth-order valence-corrected chi connectivity index (χ4v) is 5.07. The molecule has 0 bridgehead atoms. The molecule has 0 N–H and O–H groups in total. The van der Waals surface area contributed by atoms with E-state index in [0.717, 1.165) is 15.8 Å². The van der Waals surface area contributed by atoms with Crippen LogP contribution in [0.3, 0.4) is 0 Å². The minimum Gasteiger partial charge on any atom is -0.235 e. The molecule has 0 saturated carbocycles. The molecule has 1 aliphatic rings. The van der Waals surface area contributed by atoms with Crippen molar-refractivity contribution < 1.29 is 0 Å². The average molecular weight is 374 g/mol. The van der Waals surface area contributed by atoms with Gasteiger partial charge in [0.2, 0.25) is 0 Å². The van der Waals surface area contributed by atoms with E-state index < -0.39 is 0 Å². The van der Waals surface area contributed by atoms with Crippen LogP contribution in [0, 0.1) is 0 Å². The van der Waals surface area contributed by atoms with Crippen molar-refractivity contribution in [2.75, 3.05) is 0 Å². The molecule has 0 fully saturated rings. The van der Waals surface area contributed by atoms with E-state index in [1.54, 1.807) is 0 Å². The molecule has 0 radical (unpaired) electrons. The van der Waals surface area contributed by atoms with Crippen LogP contribution in [0.4, 0.5) is 0 Å². The van der Waals surface area contributed by atoms with Gasteiger partial charge in [-0.15, -0.1) is 0 Å². The first kappa shape index (κ1) is 17.2. The first-order valence-electron chi connectivity index (χ1n) is 8.63. The lowest BCUT2D eigenvalue weighted by Gasteiger charge is -2.20. The molecule has 1 nitrogen and oxygen atoms in total. The number of hydrogen-bond donors (Lipinski definition) is 0. The molecule has 0 amide bonds. The average Bonchev–Trinajstić information content (AvgIpc) is 2.74. The molecule has 1 heterocycles. The van der Waals surface area contributed by atoms with Crippen molar-refractivity contribution in [1.82, 2.24) is 0 Å². The summed E-state index contributed by atoms with van der Waals surface area (Å²) in [6.07, 6.45) is 2.28. The third-order valence-corrected chi connectivity index (χ3v) is 6.56. The summed E-state index contributed by atoms with van der Waals surface area (Å²) < 4.78 is 1.13. The van der Waals surface area contributed by atoms with Crippen LogP contribution in [0.5, 0.6) is 0 Å². The number of thioether (sulfide) groups is 2. The molecule has 128 valence electrons. The van der Waals surface area contributed by atoms with Crippen LogP contribution in [0.25, 0.3) is 5.70 Å². The van der Waals surface area contributed by atoms with Gasteiger partial charge in [-0.3, -0.25) is 0 Å². The van der Waals surface area contributed by atoms with Crippen LogP contribution in [0.15, 0.2) is 102 Å². The fourth-order valence-electron chi connectivity index (χ4n) is 2.81. The Morgan fingerprint density at radius 2 is 1.38 bits per heavy atom. The molecule has 0 saturated heterocycles. The van der Waals surface area contributed by atoms with Gasteiger partial charge < -0.3 is 0 Å². The van der Waals surface area contributed by atoms with E-state index in [1.165, 1.54) is 16.7 Å². The maximum absolute atomic E-state index is 4.95. The smallest absolute Gasteiger partial charge is 0.131 e. The summed E-state index contributed by atoms with van der Waals surface area (Å²) in [6, 6.07) is 31.7. The van der Waals surface area contributed by atoms with Gasteiger partial charge in [-0.2, -0.15) is 0 Å². The predicted molar refractivity (Wildman–Crippen MR) is 116 cm³/mol. The largest absolute Gasteiger partial charge is 0.235 e. The molecule has 4 rings (SSSR count). The summed E-state index contributed by atoms with van der Waals surface area (Å²) in [6.45, 7) is 0. The zero-order valence-corrected chi connectivity index (χ0v) is 15.9. The zero-order valence-electron chi connectivity index (χ0n) is 14.3. The molecule has 1 atom stereocenters. The molecule has 0 aliphatic carbocycles. The van der Waals surface area contributed by atoms with Gasteiger partial charge in [0, 0.05) is 5.75 Å². The number of benzene rings is 3. The van der Waals surface area contributed by atoms with Crippen molar-refractivity contribution in [2.45, 2.75) is 11.0 Å². The van der Waals surface area contributed by atoms with E-state index in [-0.39, 0.29) is 0 Å². The minimum atomic E-state index is 0.294. The Labute approximate surface area is 163 Å². The summed E-state index contributed by atoms with van der Waals surface area (Å²) in [5.41, 5.74) is 4.88. The van der Waals surface area contributed by atoms with Crippen LogP contribution in [-0.4, -0.2) is 4.38 Å². The monoisotopic (exact) mass is 373 g/mol. The summed E-state index contributed by atoms with van der Waals surface area (Å²) in [5.74, 6) is 0.941. The van der Waals surface area contributed by atoms with Gasteiger partial charge in [0.1, 0.15) is 4.38 Å². The highest BCUT2D eigenvalue weighted by Gasteiger charge is 2.20. The first-order chi connectivity index (χ1) is 12.9. The second-order valence-electron chi connectivity index (χ2n) is 6.02. The van der Waals surface area contributed by atoms with E-state index >= 15 is 0 Å². The summed E-state index contributed by atoms with van der Waals surface area (Å²) in [7, 11) is 0. The Balaban J connectivity index is 1.61. The Morgan fingerprint density at radius 1 is 0.769 bits per heavy atom. The quantitative estimate of drug-likeness (QED) is 0.498.